The number of nitrogens with one attached hydrogen (secondary N) is 1. The second kappa shape index (κ2) is 13.7. The second-order valence-electron chi connectivity index (χ2n) is 10.5. The van der Waals surface area contributed by atoms with Gasteiger partial charge in [0.25, 0.3) is 11.8 Å². The topological polar surface area (TPSA) is 139 Å². The molecule has 0 aliphatic carbocycles. The van der Waals surface area contributed by atoms with Gasteiger partial charge in [-0.1, -0.05) is 6.92 Å². The summed E-state index contributed by atoms with van der Waals surface area (Å²) in [5, 5.41) is 2.75. The van der Waals surface area contributed by atoms with Gasteiger partial charge in [-0.25, -0.2) is 13.4 Å². The number of ether oxygens (including phenoxy) is 1. The summed E-state index contributed by atoms with van der Waals surface area (Å²) in [4.78, 5) is 49.9. The van der Waals surface area contributed by atoms with Gasteiger partial charge in [-0.15, -0.1) is 0 Å². The van der Waals surface area contributed by atoms with Gasteiger partial charge in [0.1, 0.15) is 11.4 Å². The molecule has 2 aromatic heterocycles. The summed E-state index contributed by atoms with van der Waals surface area (Å²) >= 11 is 0. The fourth-order valence-electron chi connectivity index (χ4n) is 4.83. The van der Waals surface area contributed by atoms with Crippen molar-refractivity contribution in [2.24, 2.45) is 0 Å². The quantitative estimate of drug-likeness (QED) is 0.244. The normalized spacial score (nSPS) is 13.3. The first-order chi connectivity index (χ1) is 21.6. The van der Waals surface area contributed by atoms with Crippen molar-refractivity contribution in [3.8, 4) is 11.6 Å². The molecule has 1 fully saturated rings. The molecule has 0 spiro atoms. The molecule has 2 aromatic carbocycles. The number of nitrogens with zero attached hydrogens (tertiary/aromatic N) is 4. The molecule has 1 saturated heterocycles. The highest BCUT2D eigenvalue weighted by atomic mass is 32.2. The molecular weight excluding hydrogens is 594 g/mol. The van der Waals surface area contributed by atoms with Crippen molar-refractivity contribution < 1.29 is 27.5 Å². The molecule has 4 aromatic rings. The third-order valence-corrected chi connectivity index (χ3v) is 9.26. The average molecular weight is 628 g/mol. The van der Waals surface area contributed by atoms with Gasteiger partial charge in [-0.3, -0.25) is 19.4 Å². The third-order valence-electron chi connectivity index (χ3n) is 7.32. The van der Waals surface area contributed by atoms with Crippen LogP contribution in [-0.4, -0.2) is 72.8 Å². The lowest BCUT2D eigenvalue weighted by molar-refractivity contribution is 0.0740. The van der Waals surface area contributed by atoms with Gasteiger partial charge in [-0.05, 0) is 80.1 Å². The van der Waals surface area contributed by atoms with Crippen LogP contribution in [0.1, 0.15) is 51.5 Å². The molecule has 0 bridgehead atoms. The summed E-state index contributed by atoms with van der Waals surface area (Å²) in [5.41, 5.74) is 2.47. The Hall–Kier alpha value is -5.10. The lowest BCUT2D eigenvalue weighted by atomic mass is 10.1. The maximum absolute atomic E-state index is 13.1. The molecule has 1 aliphatic heterocycles. The molecule has 45 heavy (non-hydrogen) atoms. The van der Waals surface area contributed by atoms with E-state index in [2.05, 4.69) is 20.2 Å². The number of hydrogen-bond acceptors (Lipinski definition) is 9. The number of hydrogen-bond donors (Lipinski definition) is 1. The number of sulfone groups is 1. The molecule has 1 N–H and O–H groups in total. The van der Waals surface area contributed by atoms with Crippen molar-refractivity contribution in [2.45, 2.75) is 25.2 Å². The van der Waals surface area contributed by atoms with Gasteiger partial charge < -0.3 is 19.9 Å². The van der Waals surface area contributed by atoms with Gasteiger partial charge in [0.15, 0.2) is 15.6 Å². The van der Waals surface area contributed by atoms with Crippen molar-refractivity contribution in [2.75, 3.05) is 42.1 Å². The Balaban J connectivity index is 1.11. The lowest BCUT2D eigenvalue weighted by Gasteiger charge is -2.36. The molecule has 1 aliphatic rings. The molecule has 3 heterocycles. The van der Waals surface area contributed by atoms with Crippen LogP contribution in [0.3, 0.4) is 0 Å². The van der Waals surface area contributed by atoms with Crippen LogP contribution < -0.4 is 15.0 Å². The Labute approximate surface area is 261 Å². The summed E-state index contributed by atoms with van der Waals surface area (Å²) in [5.74, 6) is 0.311. The van der Waals surface area contributed by atoms with E-state index in [1.807, 2.05) is 6.92 Å². The standard InChI is InChI=1S/C33H33N5O6S/c1-3-20-45(42,43)29-12-8-27(9-13-29)37-16-18-38(19-17-37)33(41)30-14-6-25(21-34-30)32(40)36-26-7-15-31(35-22-26)44-28-10-4-24(5-11-28)23(2)39/h4-15,21-22H,3,16-20H2,1-2H3,(H,36,40). The average Bonchev–Trinajstić information content (AvgIpc) is 3.06. The van der Waals surface area contributed by atoms with Crippen LogP contribution in [0.15, 0.2) is 90.1 Å². The number of ketones is 1. The van der Waals surface area contributed by atoms with Gasteiger partial charge in [0, 0.05) is 49.7 Å². The number of benzene rings is 2. The summed E-state index contributed by atoms with van der Waals surface area (Å²) < 4.78 is 30.3. The molecule has 0 saturated carbocycles. The summed E-state index contributed by atoms with van der Waals surface area (Å²) in [6, 6.07) is 19.9. The van der Waals surface area contributed by atoms with Crippen LogP contribution in [0.25, 0.3) is 0 Å². The lowest BCUT2D eigenvalue weighted by Crippen LogP contribution is -2.49. The Kier molecular flexibility index (Phi) is 9.53. The minimum atomic E-state index is -3.27. The smallest absolute Gasteiger partial charge is 0.272 e. The number of carbonyl (C=O) groups excluding carboxylic acids is 3. The maximum atomic E-state index is 13.1. The largest absolute Gasteiger partial charge is 0.439 e. The van der Waals surface area contributed by atoms with Crippen molar-refractivity contribution >= 4 is 38.8 Å². The number of anilines is 2. The van der Waals surface area contributed by atoms with Gasteiger partial charge in [0.05, 0.1) is 28.1 Å². The maximum Gasteiger partial charge on any atom is 0.272 e. The molecule has 2 amide bonds. The number of amides is 2. The Morgan fingerprint density at radius 3 is 2.09 bits per heavy atom. The number of piperazine rings is 1. The number of carbonyl (C=O) groups is 3. The Bertz CT molecular complexity index is 1770. The van der Waals surface area contributed by atoms with E-state index in [0.717, 1.165) is 5.69 Å². The van der Waals surface area contributed by atoms with E-state index < -0.39 is 15.7 Å². The Morgan fingerprint density at radius 1 is 0.822 bits per heavy atom. The highest BCUT2D eigenvalue weighted by Crippen LogP contribution is 2.23. The van der Waals surface area contributed by atoms with Crippen molar-refractivity contribution in [3.05, 3.63) is 102 Å². The van der Waals surface area contributed by atoms with E-state index in [4.69, 9.17) is 4.74 Å². The second-order valence-corrected chi connectivity index (χ2v) is 12.7. The first-order valence-corrected chi connectivity index (χ1v) is 16.2. The van der Waals surface area contributed by atoms with E-state index in [1.54, 1.807) is 71.6 Å². The number of rotatable bonds is 10. The van der Waals surface area contributed by atoms with Crippen molar-refractivity contribution in [1.82, 2.24) is 14.9 Å². The molecule has 232 valence electrons. The van der Waals surface area contributed by atoms with E-state index in [-0.39, 0.29) is 28.7 Å². The highest BCUT2D eigenvalue weighted by Gasteiger charge is 2.24. The fourth-order valence-corrected chi connectivity index (χ4v) is 6.16. The number of aromatic nitrogens is 2. The van der Waals surface area contributed by atoms with Crippen LogP contribution in [0.4, 0.5) is 11.4 Å². The zero-order valence-electron chi connectivity index (χ0n) is 25.0. The van der Waals surface area contributed by atoms with Crippen LogP contribution in [0.5, 0.6) is 11.6 Å². The van der Waals surface area contributed by atoms with E-state index in [1.165, 1.54) is 25.4 Å². The summed E-state index contributed by atoms with van der Waals surface area (Å²) in [6.45, 7) is 5.48. The minimum Gasteiger partial charge on any atom is -0.439 e. The van der Waals surface area contributed by atoms with Gasteiger partial charge in [0.2, 0.25) is 5.88 Å². The molecule has 11 nitrogen and oxygen atoms in total. The molecule has 12 heteroatoms. The Morgan fingerprint density at radius 2 is 1.51 bits per heavy atom. The monoisotopic (exact) mass is 627 g/mol. The highest BCUT2D eigenvalue weighted by molar-refractivity contribution is 7.91. The third kappa shape index (κ3) is 7.71. The van der Waals surface area contributed by atoms with Crippen molar-refractivity contribution in [1.29, 1.82) is 0 Å². The predicted octanol–water partition coefficient (Wildman–Crippen LogP) is 4.87. The zero-order valence-corrected chi connectivity index (χ0v) is 25.8. The van der Waals surface area contributed by atoms with E-state index in [0.29, 0.717) is 60.4 Å². The van der Waals surface area contributed by atoms with Crippen LogP contribution >= 0.6 is 0 Å². The molecule has 5 rings (SSSR count). The number of pyridine rings is 2. The van der Waals surface area contributed by atoms with Crippen molar-refractivity contribution in [3.63, 3.8) is 0 Å². The van der Waals surface area contributed by atoms with Gasteiger partial charge >= 0.3 is 0 Å². The summed E-state index contributed by atoms with van der Waals surface area (Å²) in [7, 11) is -3.27. The van der Waals surface area contributed by atoms with E-state index >= 15 is 0 Å². The SMILES string of the molecule is CCCS(=O)(=O)c1ccc(N2CCN(C(=O)c3ccc(C(=O)Nc4ccc(Oc5ccc(C(C)=O)cc5)nc4)cn3)CC2)cc1. The number of Topliss-reactive ketones (excluding diaryl/α,β-unsaturated/α-hetero) is 1. The first-order valence-electron chi connectivity index (χ1n) is 14.5. The van der Waals surface area contributed by atoms with Crippen LogP contribution in [0.2, 0.25) is 0 Å². The molecule has 0 radical (unpaired) electrons. The molecule has 0 unspecified atom stereocenters. The van der Waals surface area contributed by atoms with Gasteiger partial charge in [-0.2, -0.15) is 0 Å². The van der Waals surface area contributed by atoms with E-state index in [9.17, 15) is 22.8 Å². The first kappa shape index (κ1) is 31.3. The predicted molar refractivity (Wildman–Crippen MR) is 170 cm³/mol. The summed E-state index contributed by atoms with van der Waals surface area (Å²) in [6.07, 6.45) is 3.39. The molecule has 0 atom stereocenters. The zero-order chi connectivity index (χ0) is 32.0. The molecular formula is C33H33N5O6S. The minimum absolute atomic E-state index is 0.0326. The fraction of sp³-hybridized carbons (Fsp3) is 0.242. The van der Waals surface area contributed by atoms with Crippen LogP contribution in [-0.2, 0) is 9.84 Å². The van der Waals surface area contributed by atoms with Crippen LogP contribution in [0, 0.1) is 0 Å².